The summed E-state index contributed by atoms with van der Waals surface area (Å²) in [6.45, 7) is 8.99. The van der Waals surface area contributed by atoms with Crippen molar-refractivity contribution in [2.24, 2.45) is 0 Å². The molecule has 5 aromatic carbocycles. The molecule has 43 heavy (non-hydrogen) atoms. The molecule has 0 amide bonds. The van der Waals surface area contributed by atoms with Crippen LogP contribution in [0.4, 0.5) is 0 Å². The molecule has 7 aromatic rings. The van der Waals surface area contributed by atoms with E-state index in [4.69, 9.17) is 0 Å². The van der Waals surface area contributed by atoms with Crippen molar-refractivity contribution in [2.45, 2.75) is 33.1 Å². The first-order chi connectivity index (χ1) is 20.4. The van der Waals surface area contributed by atoms with E-state index in [1.54, 1.807) is 6.20 Å². The van der Waals surface area contributed by atoms with Crippen molar-refractivity contribution < 1.29 is 24.7 Å². The molecule has 8 rings (SSSR count). The Morgan fingerprint density at radius 1 is 0.767 bits per heavy atom. The van der Waals surface area contributed by atoms with Gasteiger partial charge >= 0.3 is 20.1 Å². The molecule has 1 aliphatic rings. The number of pyridine rings is 1. The molecule has 3 nitrogen and oxygen atoms in total. The maximum atomic E-state index is 4.22. The molecule has 0 saturated heterocycles. The number of hydrogen-bond acceptors (Lipinski definition) is 1. The van der Waals surface area contributed by atoms with Gasteiger partial charge in [0.2, 0.25) is 0 Å². The van der Waals surface area contributed by atoms with E-state index in [9.17, 15) is 0 Å². The zero-order valence-corrected chi connectivity index (χ0v) is 27.0. The Kier molecular flexibility index (Phi) is 7.60. The van der Waals surface area contributed by atoms with Crippen LogP contribution in [0.3, 0.4) is 0 Å². The molecule has 0 radical (unpaired) electrons. The number of nitrogens with zero attached hydrogens (tertiary/aromatic N) is 3. The predicted octanol–water partition coefficient (Wildman–Crippen LogP) is 8.46. The van der Waals surface area contributed by atoms with Crippen molar-refractivity contribution in [3.8, 4) is 22.6 Å². The van der Waals surface area contributed by atoms with E-state index in [0.717, 1.165) is 22.3 Å². The fourth-order valence-corrected chi connectivity index (χ4v) is 6.17. The molecule has 0 spiro atoms. The van der Waals surface area contributed by atoms with Crippen molar-refractivity contribution in [1.29, 1.82) is 0 Å². The second-order valence-electron chi connectivity index (χ2n) is 11.4. The molecular weight excluding hydrogens is 703 g/mol. The van der Waals surface area contributed by atoms with Crippen LogP contribution >= 0.6 is 0 Å². The van der Waals surface area contributed by atoms with E-state index in [0.29, 0.717) is 0 Å². The Morgan fingerprint density at radius 3 is 2.26 bits per heavy atom. The first-order valence-electron chi connectivity index (χ1n) is 14.3. The number of benzene rings is 5. The zero-order valence-electron chi connectivity index (χ0n) is 24.6. The SMILES string of the molecule is Cc1cccc(C)c1-n1[c-][n+]2c3c(cccc31)C(C)(C)c1cc3ccccc3[c-]c1-2.[Ir+3].[c-]1ccccc1-c1ccccn1. The van der Waals surface area contributed by atoms with Crippen LogP contribution in [0.5, 0.6) is 0 Å². The summed E-state index contributed by atoms with van der Waals surface area (Å²) < 4.78 is 4.46. The largest absolute Gasteiger partial charge is 3.00 e. The molecule has 4 heteroatoms. The summed E-state index contributed by atoms with van der Waals surface area (Å²) in [4.78, 5) is 4.22. The van der Waals surface area contributed by atoms with Crippen molar-refractivity contribution in [2.75, 3.05) is 0 Å². The quantitative estimate of drug-likeness (QED) is 0.129. The molecule has 0 N–H and O–H groups in total. The van der Waals surface area contributed by atoms with Crippen LogP contribution < -0.4 is 4.57 Å². The van der Waals surface area contributed by atoms with Gasteiger partial charge in [0.25, 0.3) is 6.33 Å². The summed E-state index contributed by atoms with van der Waals surface area (Å²) in [6.07, 6.45) is 5.48. The van der Waals surface area contributed by atoms with Gasteiger partial charge in [-0.2, -0.15) is 0 Å². The minimum absolute atomic E-state index is 0. The smallest absolute Gasteiger partial charge is 0.308 e. The topological polar surface area (TPSA) is 21.7 Å². The normalized spacial score (nSPS) is 12.7. The first kappa shape index (κ1) is 28.7. The van der Waals surface area contributed by atoms with Gasteiger partial charge in [-0.15, -0.1) is 76.5 Å². The van der Waals surface area contributed by atoms with E-state index in [2.05, 4.69) is 127 Å². The van der Waals surface area contributed by atoms with Crippen LogP contribution in [0.25, 0.3) is 44.4 Å². The average Bonchev–Trinajstić information content (AvgIpc) is 3.40. The van der Waals surface area contributed by atoms with Gasteiger partial charge in [0.1, 0.15) is 0 Å². The van der Waals surface area contributed by atoms with Crippen LogP contribution in [0.15, 0.2) is 115 Å². The Hall–Kier alpha value is -4.37. The molecule has 0 atom stereocenters. The van der Waals surface area contributed by atoms with Crippen LogP contribution in [0.1, 0.15) is 36.1 Å². The van der Waals surface area contributed by atoms with Crippen LogP contribution in [0, 0.1) is 32.3 Å². The van der Waals surface area contributed by atoms with E-state index in [1.807, 2.05) is 42.5 Å². The Bertz CT molecular complexity index is 2020. The molecule has 0 aliphatic carbocycles. The predicted molar refractivity (Wildman–Crippen MR) is 170 cm³/mol. The van der Waals surface area contributed by atoms with Gasteiger partial charge in [-0.3, -0.25) is 4.57 Å². The maximum Gasteiger partial charge on any atom is 3.00 e. The van der Waals surface area contributed by atoms with Gasteiger partial charge < -0.3 is 9.55 Å². The summed E-state index contributed by atoms with van der Waals surface area (Å²) in [5.74, 6) is 0. The molecule has 3 heterocycles. The van der Waals surface area contributed by atoms with Gasteiger partial charge in [-0.1, -0.05) is 74.5 Å². The number of aromatic nitrogens is 3. The third-order valence-electron chi connectivity index (χ3n) is 8.33. The molecule has 0 unspecified atom stereocenters. The van der Waals surface area contributed by atoms with Gasteiger partial charge in [-0.25, -0.2) is 0 Å². The van der Waals surface area contributed by atoms with Gasteiger partial charge in [0.05, 0.1) is 16.7 Å². The number of imidazole rings is 1. The molecule has 1 aliphatic heterocycles. The van der Waals surface area contributed by atoms with Crippen molar-refractivity contribution in [1.82, 2.24) is 9.55 Å². The first-order valence-corrected chi connectivity index (χ1v) is 14.3. The van der Waals surface area contributed by atoms with Crippen molar-refractivity contribution in [3.05, 3.63) is 156 Å². The van der Waals surface area contributed by atoms with Gasteiger partial charge in [0, 0.05) is 6.20 Å². The summed E-state index contributed by atoms with van der Waals surface area (Å²) in [5.41, 5.74) is 11.7. The fourth-order valence-electron chi connectivity index (χ4n) is 6.17. The second-order valence-corrected chi connectivity index (χ2v) is 11.4. The number of aryl methyl sites for hydroxylation is 2. The van der Waals surface area contributed by atoms with Gasteiger partial charge in [-0.05, 0) is 53.4 Å². The average molecular weight is 734 g/mol. The van der Waals surface area contributed by atoms with Crippen molar-refractivity contribution >= 4 is 21.8 Å². The molecular formula is C39H31IrN3+. The number of fused-ring (bicyclic) bond motifs is 3. The van der Waals surface area contributed by atoms with E-state index in [1.165, 1.54) is 44.4 Å². The Balaban J connectivity index is 0.000000213. The second kappa shape index (κ2) is 11.4. The minimum Gasteiger partial charge on any atom is -0.308 e. The summed E-state index contributed by atoms with van der Waals surface area (Å²) >= 11 is 0. The molecule has 2 aromatic heterocycles. The molecule has 0 saturated carbocycles. The molecule has 0 bridgehead atoms. The zero-order chi connectivity index (χ0) is 28.8. The van der Waals surface area contributed by atoms with Crippen LogP contribution in [0.2, 0.25) is 0 Å². The third kappa shape index (κ3) is 4.91. The molecule has 210 valence electrons. The van der Waals surface area contributed by atoms with E-state index in [-0.39, 0.29) is 25.5 Å². The Morgan fingerprint density at radius 2 is 1.51 bits per heavy atom. The summed E-state index contributed by atoms with van der Waals surface area (Å²) in [6, 6.07) is 44.5. The monoisotopic (exact) mass is 734 g/mol. The number of hydrogen-bond donors (Lipinski definition) is 0. The summed E-state index contributed by atoms with van der Waals surface area (Å²) in [7, 11) is 0. The third-order valence-corrected chi connectivity index (χ3v) is 8.33. The van der Waals surface area contributed by atoms with E-state index >= 15 is 0 Å². The minimum atomic E-state index is -0.115. The number of rotatable bonds is 2. The van der Waals surface area contributed by atoms with Crippen molar-refractivity contribution in [3.63, 3.8) is 0 Å². The van der Waals surface area contributed by atoms with Gasteiger partial charge in [0.15, 0.2) is 0 Å². The molecule has 0 fully saturated rings. The van der Waals surface area contributed by atoms with Crippen LogP contribution in [-0.4, -0.2) is 9.55 Å². The summed E-state index contributed by atoms with van der Waals surface area (Å²) in [5, 5.41) is 2.37. The maximum absolute atomic E-state index is 4.22. The Labute approximate surface area is 266 Å². The number of para-hydroxylation sites is 2. The fraction of sp³-hybridized carbons (Fsp3) is 0.128. The standard InChI is InChI=1S/C28H23N2.C11H8N.Ir/c1-18-9-7-10-19(2)26(18)29-17-30-25-16-21-12-6-5-11-20(21)15-23(25)28(3,4)22-13-8-14-24(29)27(22)30;1-2-6-10(7-3-1)11-8-4-5-9-12-11;/h5-15H,1-4H3;1-6,8-9H;/q2*-1;+3. The van der Waals surface area contributed by atoms with E-state index < -0.39 is 0 Å². The van der Waals surface area contributed by atoms with Crippen LogP contribution in [-0.2, 0) is 25.5 Å².